The van der Waals surface area contributed by atoms with Crippen LogP contribution in [0.1, 0.15) is 70.2 Å². The lowest BCUT2D eigenvalue weighted by Crippen LogP contribution is -2.41. The normalized spacial score (nSPS) is 12.9. The summed E-state index contributed by atoms with van der Waals surface area (Å²) in [6.07, 6.45) is 1.02. The van der Waals surface area contributed by atoms with Crippen LogP contribution in [0.5, 0.6) is 0 Å². The lowest BCUT2D eigenvalue weighted by atomic mass is 9.72. The molecule has 0 rings (SSSR count). The van der Waals surface area contributed by atoms with Crippen molar-refractivity contribution in [2.75, 3.05) is 61.5 Å². The number of carbonyl (C=O) groups excluding carboxylic acids is 2. The van der Waals surface area contributed by atoms with Crippen molar-refractivity contribution in [3.05, 3.63) is 0 Å². The second kappa shape index (κ2) is 15.7. The largest absolute Gasteiger partial charge is 0.464 e. The molecule has 0 bridgehead atoms. The molecule has 29 heavy (non-hydrogen) atoms. The Bertz CT molecular complexity index is 443. The van der Waals surface area contributed by atoms with E-state index in [1.807, 2.05) is 46.7 Å². The van der Waals surface area contributed by atoms with E-state index in [9.17, 15) is 9.59 Å². The van der Waals surface area contributed by atoms with E-state index in [1.165, 1.54) is 0 Å². The van der Waals surface area contributed by atoms with Crippen LogP contribution in [0.3, 0.4) is 0 Å². The van der Waals surface area contributed by atoms with Crippen molar-refractivity contribution in [3.63, 3.8) is 0 Å². The summed E-state index contributed by atoms with van der Waals surface area (Å²) in [5, 5.41) is 0. The third-order valence-electron chi connectivity index (χ3n) is 4.42. The zero-order valence-electron chi connectivity index (χ0n) is 17.8. The van der Waals surface area contributed by atoms with Gasteiger partial charge in [0, 0.05) is 6.54 Å². The predicted molar refractivity (Wildman–Crippen MR) is 127 cm³/mol. The number of nitrogens with zero attached hydrogens (tertiary/aromatic N) is 2. The van der Waals surface area contributed by atoms with Crippen molar-refractivity contribution in [3.8, 4) is 0 Å². The molecule has 0 fully saturated rings. The SMILES string of the molecule is C.C.C.C.CCC(C)(CC(C)(C)C(=O)OCCN(C)C)C(=O)OCC[N+](C)(C)C. The minimum absolute atomic E-state index is 0. The van der Waals surface area contributed by atoms with Gasteiger partial charge in [0.15, 0.2) is 0 Å². The van der Waals surface area contributed by atoms with E-state index in [1.54, 1.807) is 0 Å². The Morgan fingerprint density at radius 1 is 0.862 bits per heavy atom. The molecule has 0 aromatic rings. The molecule has 0 spiro atoms. The first-order chi connectivity index (χ1) is 11.2. The van der Waals surface area contributed by atoms with Gasteiger partial charge < -0.3 is 18.9 Å². The van der Waals surface area contributed by atoms with Crippen LogP contribution in [0.15, 0.2) is 0 Å². The van der Waals surface area contributed by atoms with Crippen molar-refractivity contribution in [2.45, 2.75) is 70.2 Å². The van der Waals surface area contributed by atoms with Gasteiger partial charge in [0.25, 0.3) is 0 Å². The summed E-state index contributed by atoms with van der Waals surface area (Å²) in [6.45, 7) is 9.65. The van der Waals surface area contributed by atoms with E-state index >= 15 is 0 Å². The molecule has 0 aliphatic carbocycles. The summed E-state index contributed by atoms with van der Waals surface area (Å²) in [5.74, 6) is -0.509. The van der Waals surface area contributed by atoms with Gasteiger partial charge in [-0.15, -0.1) is 0 Å². The van der Waals surface area contributed by atoms with Gasteiger partial charge in [0.05, 0.1) is 32.0 Å². The molecular weight excluding hydrogens is 368 g/mol. The zero-order chi connectivity index (χ0) is 19.9. The summed E-state index contributed by atoms with van der Waals surface area (Å²) in [7, 11) is 10.0. The van der Waals surface area contributed by atoms with Crippen LogP contribution in [0.2, 0.25) is 0 Å². The number of carbonyl (C=O) groups is 2. The Morgan fingerprint density at radius 2 is 1.31 bits per heavy atom. The highest BCUT2D eigenvalue weighted by Crippen LogP contribution is 2.38. The molecular formula is C23H55N2O4+. The van der Waals surface area contributed by atoms with E-state index in [4.69, 9.17) is 9.47 Å². The first kappa shape index (κ1) is 38.5. The molecule has 0 aliphatic rings. The number of likely N-dealkylation sites (N-methyl/N-ethyl adjacent to an activating group) is 2. The van der Waals surface area contributed by atoms with E-state index < -0.39 is 10.8 Å². The fraction of sp³-hybridized carbons (Fsp3) is 0.913. The van der Waals surface area contributed by atoms with Gasteiger partial charge in [-0.2, -0.15) is 0 Å². The van der Waals surface area contributed by atoms with Gasteiger partial charge in [-0.1, -0.05) is 36.6 Å². The Morgan fingerprint density at radius 3 is 1.69 bits per heavy atom. The summed E-state index contributed by atoms with van der Waals surface area (Å²) in [5.41, 5.74) is -1.44. The van der Waals surface area contributed by atoms with E-state index in [0.717, 1.165) is 11.0 Å². The molecule has 6 heteroatoms. The molecule has 0 saturated heterocycles. The van der Waals surface area contributed by atoms with Gasteiger partial charge >= 0.3 is 11.9 Å². The van der Waals surface area contributed by atoms with Crippen LogP contribution in [0.25, 0.3) is 0 Å². The minimum atomic E-state index is -0.740. The summed E-state index contributed by atoms with van der Waals surface area (Å²) < 4.78 is 11.6. The quantitative estimate of drug-likeness (QED) is 0.355. The standard InChI is InChI=1S/C19H39N2O4.4CH4/c1-10-19(4,17(23)25-14-12-21(7,8)9)15-18(2,3)16(22)24-13-11-20(5)6;;;;/h10-15H2,1-9H3;4*1H4/q+1;;;;. The average molecular weight is 424 g/mol. The molecule has 0 aromatic carbocycles. The van der Waals surface area contributed by atoms with Crippen molar-refractivity contribution in [2.24, 2.45) is 10.8 Å². The van der Waals surface area contributed by atoms with Crippen LogP contribution in [0, 0.1) is 10.8 Å². The maximum Gasteiger partial charge on any atom is 0.312 e. The van der Waals surface area contributed by atoms with E-state index in [2.05, 4.69) is 21.1 Å². The monoisotopic (exact) mass is 423 g/mol. The molecule has 0 aromatic heterocycles. The van der Waals surface area contributed by atoms with Crippen LogP contribution in [-0.2, 0) is 19.1 Å². The fourth-order valence-electron chi connectivity index (χ4n) is 2.49. The van der Waals surface area contributed by atoms with Gasteiger partial charge in [-0.3, -0.25) is 9.59 Å². The topological polar surface area (TPSA) is 55.8 Å². The van der Waals surface area contributed by atoms with E-state index in [0.29, 0.717) is 32.6 Å². The highest BCUT2D eigenvalue weighted by molar-refractivity contribution is 5.80. The molecule has 1 unspecified atom stereocenters. The molecule has 1 atom stereocenters. The summed E-state index contributed by atoms with van der Waals surface area (Å²) in [6, 6.07) is 0. The highest BCUT2D eigenvalue weighted by atomic mass is 16.5. The maximum atomic E-state index is 12.6. The third-order valence-corrected chi connectivity index (χ3v) is 4.42. The van der Waals surface area contributed by atoms with Crippen molar-refractivity contribution >= 4 is 11.9 Å². The van der Waals surface area contributed by atoms with Crippen molar-refractivity contribution < 1.29 is 23.5 Å². The lowest BCUT2D eigenvalue weighted by molar-refractivity contribution is -0.870. The molecule has 0 aliphatic heterocycles. The number of quaternary nitrogens is 1. The second-order valence-electron chi connectivity index (χ2n) is 9.06. The van der Waals surface area contributed by atoms with Crippen LogP contribution in [-0.4, -0.2) is 82.9 Å². The highest BCUT2D eigenvalue weighted by Gasteiger charge is 2.43. The number of ether oxygens (including phenoxy) is 2. The van der Waals surface area contributed by atoms with Crippen molar-refractivity contribution in [1.82, 2.24) is 4.90 Å². The van der Waals surface area contributed by atoms with Gasteiger partial charge in [-0.25, -0.2) is 0 Å². The molecule has 0 radical (unpaired) electrons. The van der Waals surface area contributed by atoms with Gasteiger partial charge in [0.1, 0.15) is 19.8 Å². The smallest absolute Gasteiger partial charge is 0.312 e. The van der Waals surface area contributed by atoms with Gasteiger partial charge in [-0.05, 0) is 47.7 Å². The first-order valence-electron chi connectivity index (χ1n) is 9.03. The van der Waals surface area contributed by atoms with E-state index in [-0.39, 0.29) is 41.6 Å². The first-order valence-corrected chi connectivity index (χ1v) is 9.03. The Kier molecular flexibility index (Phi) is 20.8. The number of rotatable bonds is 11. The molecule has 0 saturated carbocycles. The Hall–Kier alpha value is -1.14. The molecule has 180 valence electrons. The average Bonchev–Trinajstić information content (AvgIpc) is 2.44. The van der Waals surface area contributed by atoms with Gasteiger partial charge in [0.2, 0.25) is 0 Å². The summed E-state index contributed by atoms with van der Waals surface area (Å²) in [4.78, 5) is 27.0. The van der Waals surface area contributed by atoms with Crippen molar-refractivity contribution in [1.29, 1.82) is 0 Å². The molecule has 6 nitrogen and oxygen atoms in total. The zero-order valence-corrected chi connectivity index (χ0v) is 17.8. The predicted octanol–water partition coefficient (Wildman–Crippen LogP) is 4.72. The summed E-state index contributed by atoms with van der Waals surface area (Å²) >= 11 is 0. The molecule has 0 heterocycles. The van der Waals surface area contributed by atoms with Crippen LogP contribution in [0.4, 0.5) is 0 Å². The number of esters is 2. The Balaban J connectivity index is -0.000000480. The second-order valence-corrected chi connectivity index (χ2v) is 9.06. The third kappa shape index (κ3) is 15.4. The molecule has 0 N–H and O–H groups in total. The molecule has 0 amide bonds. The van der Waals surface area contributed by atoms with Crippen LogP contribution >= 0.6 is 0 Å². The Labute approximate surface area is 183 Å². The minimum Gasteiger partial charge on any atom is -0.464 e. The number of hydrogen-bond acceptors (Lipinski definition) is 5. The lowest BCUT2D eigenvalue weighted by Gasteiger charge is -2.34. The number of hydrogen-bond donors (Lipinski definition) is 0. The van der Waals surface area contributed by atoms with Crippen LogP contribution < -0.4 is 0 Å². The maximum absolute atomic E-state index is 12.6. The fourth-order valence-corrected chi connectivity index (χ4v) is 2.49.